The van der Waals surface area contributed by atoms with Crippen LogP contribution in [-0.4, -0.2) is 12.9 Å². The molecule has 1 fully saturated rings. The standard InChI is InChI=1S/C12H13F4NO/c13-9-7-8(10-3-1-2-6-17-10)4-5-11(9)18-12(14,15)16/h4-5,7,10,17H,1-3,6H2/t10-/m1/s1. The molecule has 0 spiro atoms. The maximum absolute atomic E-state index is 13.5. The van der Waals surface area contributed by atoms with Gasteiger partial charge in [-0.25, -0.2) is 4.39 Å². The largest absolute Gasteiger partial charge is 0.573 e. The van der Waals surface area contributed by atoms with Crippen molar-refractivity contribution in [1.29, 1.82) is 0 Å². The van der Waals surface area contributed by atoms with Crippen molar-refractivity contribution >= 4 is 0 Å². The maximum atomic E-state index is 13.5. The highest BCUT2D eigenvalue weighted by molar-refractivity contribution is 5.31. The first-order valence-electron chi connectivity index (χ1n) is 5.74. The van der Waals surface area contributed by atoms with E-state index in [2.05, 4.69) is 10.1 Å². The van der Waals surface area contributed by atoms with E-state index < -0.39 is 17.9 Å². The van der Waals surface area contributed by atoms with Crippen LogP contribution in [0.2, 0.25) is 0 Å². The van der Waals surface area contributed by atoms with E-state index in [4.69, 9.17) is 0 Å². The van der Waals surface area contributed by atoms with Crippen molar-refractivity contribution < 1.29 is 22.3 Å². The van der Waals surface area contributed by atoms with Gasteiger partial charge in [0.25, 0.3) is 0 Å². The van der Waals surface area contributed by atoms with Crippen molar-refractivity contribution in [2.24, 2.45) is 0 Å². The molecular formula is C12H13F4NO. The minimum Gasteiger partial charge on any atom is -0.403 e. The Hall–Kier alpha value is -1.30. The number of nitrogens with one attached hydrogen (secondary N) is 1. The number of alkyl halides is 3. The van der Waals surface area contributed by atoms with Crippen molar-refractivity contribution in [3.8, 4) is 5.75 Å². The monoisotopic (exact) mass is 263 g/mol. The van der Waals surface area contributed by atoms with Gasteiger partial charge in [-0.05, 0) is 37.1 Å². The van der Waals surface area contributed by atoms with Crippen LogP contribution < -0.4 is 10.1 Å². The Kier molecular flexibility index (Phi) is 3.75. The first-order valence-corrected chi connectivity index (χ1v) is 5.74. The average molecular weight is 263 g/mol. The number of hydrogen-bond acceptors (Lipinski definition) is 2. The Morgan fingerprint density at radius 1 is 1.22 bits per heavy atom. The zero-order valence-corrected chi connectivity index (χ0v) is 9.56. The smallest absolute Gasteiger partial charge is 0.403 e. The molecule has 0 radical (unpaired) electrons. The van der Waals surface area contributed by atoms with Crippen LogP contribution in [0.5, 0.6) is 5.75 Å². The summed E-state index contributed by atoms with van der Waals surface area (Å²) in [5.74, 6) is -1.78. The third kappa shape index (κ3) is 3.35. The van der Waals surface area contributed by atoms with E-state index in [1.54, 1.807) is 0 Å². The SMILES string of the molecule is Fc1cc([C@H]2CCCCN2)ccc1OC(F)(F)F. The van der Waals surface area contributed by atoms with E-state index in [1.807, 2.05) is 0 Å². The van der Waals surface area contributed by atoms with Gasteiger partial charge in [0.2, 0.25) is 0 Å². The highest BCUT2D eigenvalue weighted by atomic mass is 19.4. The number of rotatable bonds is 2. The molecule has 0 aromatic heterocycles. The Morgan fingerprint density at radius 2 is 2.00 bits per heavy atom. The number of halogens is 4. The lowest BCUT2D eigenvalue weighted by Crippen LogP contribution is -2.26. The van der Waals surface area contributed by atoms with Crippen molar-refractivity contribution in [1.82, 2.24) is 5.32 Å². The van der Waals surface area contributed by atoms with Gasteiger partial charge in [-0.2, -0.15) is 0 Å². The molecular weight excluding hydrogens is 250 g/mol. The van der Waals surface area contributed by atoms with Crippen LogP contribution in [0.25, 0.3) is 0 Å². The van der Waals surface area contributed by atoms with Gasteiger partial charge in [0.05, 0.1) is 0 Å². The molecule has 2 nitrogen and oxygen atoms in total. The highest BCUT2D eigenvalue weighted by Gasteiger charge is 2.32. The summed E-state index contributed by atoms with van der Waals surface area (Å²) in [6, 6.07) is 3.60. The molecule has 1 aliphatic rings. The van der Waals surface area contributed by atoms with E-state index >= 15 is 0 Å². The lowest BCUT2D eigenvalue weighted by molar-refractivity contribution is -0.275. The predicted molar refractivity (Wildman–Crippen MR) is 57.7 cm³/mol. The highest BCUT2D eigenvalue weighted by Crippen LogP contribution is 2.29. The van der Waals surface area contributed by atoms with E-state index in [-0.39, 0.29) is 6.04 Å². The summed E-state index contributed by atoms with van der Waals surface area (Å²) in [5, 5.41) is 3.20. The zero-order chi connectivity index (χ0) is 13.2. The number of piperidine rings is 1. The van der Waals surface area contributed by atoms with Gasteiger partial charge >= 0.3 is 6.36 Å². The third-order valence-electron chi connectivity index (χ3n) is 2.89. The minimum atomic E-state index is -4.87. The lowest BCUT2D eigenvalue weighted by atomic mass is 9.97. The van der Waals surface area contributed by atoms with Gasteiger partial charge in [-0.1, -0.05) is 12.5 Å². The molecule has 18 heavy (non-hydrogen) atoms. The minimum absolute atomic E-state index is 0.00758. The molecule has 1 heterocycles. The van der Waals surface area contributed by atoms with Gasteiger partial charge in [0.1, 0.15) is 0 Å². The molecule has 1 N–H and O–H groups in total. The molecule has 0 unspecified atom stereocenters. The summed E-state index contributed by atoms with van der Waals surface area (Å²) in [5.41, 5.74) is 0.654. The molecule has 0 saturated carbocycles. The van der Waals surface area contributed by atoms with Crippen LogP contribution in [0.15, 0.2) is 18.2 Å². The molecule has 1 aliphatic heterocycles. The molecule has 100 valence electrons. The van der Waals surface area contributed by atoms with Gasteiger partial charge in [0.15, 0.2) is 11.6 Å². The molecule has 1 aromatic rings. The lowest BCUT2D eigenvalue weighted by Gasteiger charge is -2.24. The first-order chi connectivity index (χ1) is 8.46. The first kappa shape index (κ1) is 13.1. The quantitative estimate of drug-likeness (QED) is 0.824. The summed E-state index contributed by atoms with van der Waals surface area (Å²) >= 11 is 0. The Balaban J connectivity index is 2.13. The van der Waals surface area contributed by atoms with Crippen LogP contribution in [-0.2, 0) is 0 Å². The summed E-state index contributed by atoms with van der Waals surface area (Å²) in [7, 11) is 0. The van der Waals surface area contributed by atoms with Gasteiger partial charge < -0.3 is 10.1 Å². The summed E-state index contributed by atoms with van der Waals surface area (Å²) in [4.78, 5) is 0. The van der Waals surface area contributed by atoms with Crippen molar-refractivity contribution in [3.63, 3.8) is 0 Å². The topological polar surface area (TPSA) is 21.3 Å². The summed E-state index contributed by atoms with van der Waals surface area (Å²) < 4.78 is 53.0. The fourth-order valence-corrected chi connectivity index (χ4v) is 2.08. The second kappa shape index (κ2) is 5.14. The van der Waals surface area contributed by atoms with Crippen molar-refractivity contribution in [3.05, 3.63) is 29.6 Å². The van der Waals surface area contributed by atoms with Crippen LogP contribution in [0.4, 0.5) is 17.6 Å². The van der Waals surface area contributed by atoms with E-state index in [0.29, 0.717) is 5.56 Å². The molecule has 1 saturated heterocycles. The van der Waals surface area contributed by atoms with Gasteiger partial charge in [-0.3, -0.25) is 0 Å². The fraction of sp³-hybridized carbons (Fsp3) is 0.500. The maximum Gasteiger partial charge on any atom is 0.573 e. The number of ether oxygens (including phenoxy) is 1. The second-order valence-electron chi connectivity index (χ2n) is 4.24. The average Bonchev–Trinajstić information content (AvgIpc) is 2.31. The molecule has 2 rings (SSSR count). The molecule has 1 atom stereocenters. The fourth-order valence-electron chi connectivity index (χ4n) is 2.08. The third-order valence-corrected chi connectivity index (χ3v) is 2.89. The van der Waals surface area contributed by atoms with E-state index in [9.17, 15) is 17.6 Å². The molecule has 0 amide bonds. The second-order valence-corrected chi connectivity index (χ2v) is 4.24. The molecule has 1 aromatic carbocycles. The van der Waals surface area contributed by atoms with Crippen LogP contribution >= 0.6 is 0 Å². The Morgan fingerprint density at radius 3 is 2.56 bits per heavy atom. The normalized spacial score (nSPS) is 20.8. The number of benzene rings is 1. The zero-order valence-electron chi connectivity index (χ0n) is 9.56. The number of hydrogen-bond donors (Lipinski definition) is 1. The van der Waals surface area contributed by atoms with Crippen LogP contribution in [0.3, 0.4) is 0 Å². The molecule has 6 heteroatoms. The van der Waals surface area contributed by atoms with Crippen molar-refractivity contribution in [2.75, 3.05) is 6.54 Å². The van der Waals surface area contributed by atoms with E-state index in [0.717, 1.165) is 37.9 Å². The van der Waals surface area contributed by atoms with Gasteiger partial charge in [0, 0.05) is 6.04 Å². The van der Waals surface area contributed by atoms with Crippen LogP contribution in [0, 0.1) is 5.82 Å². The Bertz CT molecular complexity index is 413. The summed E-state index contributed by atoms with van der Waals surface area (Å²) in [6.07, 6.45) is -1.92. The van der Waals surface area contributed by atoms with Gasteiger partial charge in [-0.15, -0.1) is 13.2 Å². The van der Waals surface area contributed by atoms with E-state index in [1.165, 1.54) is 6.07 Å². The summed E-state index contributed by atoms with van der Waals surface area (Å²) in [6.45, 7) is 0.840. The molecule has 0 aliphatic carbocycles. The van der Waals surface area contributed by atoms with Crippen LogP contribution in [0.1, 0.15) is 30.9 Å². The molecule has 0 bridgehead atoms. The van der Waals surface area contributed by atoms with Crippen molar-refractivity contribution in [2.45, 2.75) is 31.7 Å². The predicted octanol–water partition coefficient (Wildman–Crippen LogP) is 3.54. The Labute approximate surface area is 102 Å².